The van der Waals surface area contributed by atoms with E-state index in [0.29, 0.717) is 5.39 Å². The molecule has 19 heavy (non-hydrogen) atoms. The molecule has 1 aliphatic heterocycles. The third kappa shape index (κ3) is 2.35. The first-order valence-electron chi connectivity index (χ1n) is 6.78. The van der Waals surface area contributed by atoms with Crippen molar-refractivity contribution in [2.45, 2.75) is 25.7 Å². The van der Waals surface area contributed by atoms with Gasteiger partial charge in [0.05, 0.1) is 6.42 Å². The zero-order valence-corrected chi connectivity index (χ0v) is 10.8. The second-order valence-corrected chi connectivity index (χ2v) is 5.09. The van der Waals surface area contributed by atoms with E-state index in [4.69, 9.17) is 0 Å². The highest BCUT2D eigenvalue weighted by Gasteiger charge is 2.19. The van der Waals surface area contributed by atoms with Crippen molar-refractivity contribution in [2.75, 3.05) is 13.1 Å². The van der Waals surface area contributed by atoms with Crippen LogP contribution in [0, 0.1) is 5.82 Å². The molecule has 4 heteroatoms. The van der Waals surface area contributed by atoms with Gasteiger partial charge in [0.15, 0.2) is 0 Å². The number of halogens is 1. The van der Waals surface area contributed by atoms with E-state index in [1.54, 1.807) is 12.3 Å². The van der Waals surface area contributed by atoms with Crippen LogP contribution in [-0.2, 0) is 11.2 Å². The molecule has 2 aromatic rings. The van der Waals surface area contributed by atoms with E-state index in [0.717, 1.165) is 37.0 Å². The van der Waals surface area contributed by atoms with Crippen LogP contribution in [0.4, 0.5) is 4.39 Å². The Hall–Kier alpha value is -1.84. The predicted molar refractivity (Wildman–Crippen MR) is 72.4 cm³/mol. The average molecular weight is 260 g/mol. The number of benzene rings is 1. The number of nitrogens with zero attached hydrogens (tertiary/aromatic N) is 1. The van der Waals surface area contributed by atoms with Crippen LogP contribution in [0.1, 0.15) is 24.8 Å². The lowest BCUT2D eigenvalue weighted by atomic mass is 10.1. The van der Waals surface area contributed by atoms with Crippen molar-refractivity contribution in [3.05, 3.63) is 35.8 Å². The molecule has 0 unspecified atom stereocenters. The van der Waals surface area contributed by atoms with E-state index in [9.17, 15) is 9.18 Å². The number of aromatic nitrogens is 1. The van der Waals surface area contributed by atoms with Crippen molar-refractivity contribution in [3.63, 3.8) is 0 Å². The number of carbonyl (C=O) groups excluding carboxylic acids is 1. The van der Waals surface area contributed by atoms with Gasteiger partial charge in [-0.1, -0.05) is 6.07 Å². The summed E-state index contributed by atoms with van der Waals surface area (Å²) >= 11 is 0. The quantitative estimate of drug-likeness (QED) is 0.885. The molecule has 1 aliphatic rings. The van der Waals surface area contributed by atoms with Crippen molar-refractivity contribution < 1.29 is 9.18 Å². The summed E-state index contributed by atoms with van der Waals surface area (Å²) in [5.41, 5.74) is 1.50. The molecule has 2 heterocycles. The maximum atomic E-state index is 13.8. The standard InChI is InChI=1S/C15H17FN2O/c16-12-5-4-6-13-15(12)11(10-17-13)9-14(19)18-7-2-1-3-8-18/h4-6,10,17H,1-3,7-9H2. The number of fused-ring (bicyclic) bond motifs is 1. The number of hydrogen-bond donors (Lipinski definition) is 1. The first kappa shape index (κ1) is 12.2. The monoisotopic (exact) mass is 260 g/mol. The molecule has 1 saturated heterocycles. The molecular formula is C15H17FN2O. The molecule has 0 saturated carbocycles. The maximum absolute atomic E-state index is 13.8. The summed E-state index contributed by atoms with van der Waals surface area (Å²) in [4.78, 5) is 17.1. The molecule has 1 fully saturated rings. The lowest BCUT2D eigenvalue weighted by Crippen LogP contribution is -2.36. The van der Waals surface area contributed by atoms with E-state index < -0.39 is 0 Å². The summed E-state index contributed by atoms with van der Waals surface area (Å²) in [5.74, 6) is -0.163. The number of likely N-dealkylation sites (tertiary alicyclic amines) is 1. The van der Waals surface area contributed by atoms with E-state index >= 15 is 0 Å². The number of carbonyl (C=O) groups is 1. The number of amides is 1. The average Bonchev–Trinajstić information content (AvgIpc) is 2.84. The molecule has 0 atom stereocenters. The maximum Gasteiger partial charge on any atom is 0.227 e. The lowest BCUT2D eigenvalue weighted by Gasteiger charge is -2.26. The Labute approximate surface area is 111 Å². The summed E-state index contributed by atoms with van der Waals surface area (Å²) in [5, 5.41) is 0.549. The third-order valence-electron chi connectivity index (χ3n) is 3.79. The topological polar surface area (TPSA) is 36.1 Å². The molecule has 3 nitrogen and oxygen atoms in total. The van der Waals surface area contributed by atoms with Crippen LogP contribution >= 0.6 is 0 Å². The van der Waals surface area contributed by atoms with Gasteiger partial charge >= 0.3 is 0 Å². The zero-order chi connectivity index (χ0) is 13.2. The van der Waals surface area contributed by atoms with Gasteiger partial charge < -0.3 is 9.88 Å². The molecule has 1 amide bonds. The highest BCUT2D eigenvalue weighted by molar-refractivity contribution is 5.89. The van der Waals surface area contributed by atoms with Crippen molar-refractivity contribution in [1.82, 2.24) is 9.88 Å². The highest BCUT2D eigenvalue weighted by atomic mass is 19.1. The fourth-order valence-corrected chi connectivity index (χ4v) is 2.77. The number of piperidine rings is 1. The summed E-state index contributed by atoms with van der Waals surface area (Å²) in [6.07, 6.45) is 5.38. The van der Waals surface area contributed by atoms with Gasteiger partial charge in [-0.05, 0) is 37.0 Å². The van der Waals surface area contributed by atoms with Crippen LogP contribution in [0.5, 0.6) is 0 Å². The third-order valence-corrected chi connectivity index (χ3v) is 3.79. The number of aromatic amines is 1. The molecule has 0 spiro atoms. The minimum Gasteiger partial charge on any atom is -0.361 e. The van der Waals surface area contributed by atoms with Crippen molar-refractivity contribution >= 4 is 16.8 Å². The first-order chi connectivity index (χ1) is 9.25. The second-order valence-electron chi connectivity index (χ2n) is 5.09. The van der Waals surface area contributed by atoms with Gasteiger partial charge in [0, 0.05) is 30.2 Å². The molecule has 0 bridgehead atoms. The van der Waals surface area contributed by atoms with Gasteiger partial charge in [-0.3, -0.25) is 4.79 Å². The molecular weight excluding hydrogens is 243 g/mol. The number of H-pyrrole nitrogens is 1. The Morgan fingerprint density at radius 3 is 2.84 bits per heavy atom. The SMILES string of the molecule is O=C(Cc1c[nH]c2cccc(F)c12)N1CCCCC1. The van der Waals surface area contributed by atoms with Crippen LogP contribution in [-0.4, -0.2) is 28.9 Å². The Morgan fingerprint density at radius 2 is 2.05 bits per heavy atom. The fourth-order valence-electron chi connectivity index (χ4n) is 2.77. The summed E-state index contributed by atoms with van der Waals surface area (Å²) in [6.45, 7) is 1.67. The van der Waals surface area contributed by atoms with Gasteiger partial charge in [0.25, 0.3) is 0 Å². The van der Waals surface area contributed by atoms with Crippen LogP contribution in [0.15, 0.2) is 24.4 Å². The normalized spacial score (nSPS) is 15.9. The van der Waals surface area contributed by atoms with Crippen LogP contribution in [0.3, 0.4) is 0 Å². The van der Waals surface area contributed by atoms with Crippen molar-refractivity contribution in [3.8, 4) is 0 Å². The fraction of sp³-hybridized carbons (Fsp3) is 0.400. The molecule has 1 aromatic carbocycles. The smallest absolute Gasteiger partial charge is 0.227 e. The first-order valence-corrected chi connectivity index (χ1v) is 6.78. The van der Waals surface area contributed by atoms with Crippen LogP contribution < -0.4 is 0 Å². The lowest BCUT2D eigenvalue weighted by molar-refractivity contribution is -0.131. The minimum atomic E-state index is -0.264. The number of rotatable bonds is 2. The van der Waals surface area contributed by atoms with E-state index in [2.05, 4.69) is 4.98 Å². The summed E-state index contributed by atoms with van der Waals surface area (Å²) < 4.78 is 13.8. The number of hydrogen-bond acceptors (Lipinski definition) is 1. The molecule has 0 aliphatic carbocycles. The summed E-state index contributed by atoms with van der Waals surface area (Å²) in [7, 11) is 0. The molecule has 3 rings (SSSR count). The largest absolute Gasteiger partial charge is 0.361 e. The van der Waals surface area contributed by atoms with Crippen LogP contribution in [0.25, 0.3) is 10.9 Å². The van der Waals surface area contributed by atoms with Crippen molar-refractivity contribution in [2.24, 2.45) is 0 Å². The summed E-state index contributed by atoms with van der Waals surface area (Å²) in [6, 6.07) is 4.93. The molecule has 1 N–H and O–H groups in total. The highest BCUT2D eigenvalue weighted by Crippen LogP contribution is 2.22. The Kier molecular flexibility index (Phi) is 3.23. The van der Waals surface area contributed by atoms with Gasteiger partial charge in [-0.25, -0.2) is 4.39 Å². The van der Waals surface area contributed by atoms with Gasteiger partial charge in [0.1, 0.15) is 5.82 Å². The van der Waals surface area contributed by atoms with E-state index in [1.807, 2.05) is 11.0 Å². The molecule has 0 radical (unpaired) electrons. The van der Waals surface area contributed by atoms with Gasteiger partial charge in [0.2, 0.25) is 5.91 Å². The minimum absolute atomic E-state index is 0.101. The van der Waals surface area contributed by atoms with Gasteiger partial charge in [-0.15, -0.1) is 0 Å². The molecule has 100 valence electrons. The Morgan fingerprint density at radius 1 is 1.26 bits per heavy atom. The molecule has 1 aromatic heterocycles. The Balaban J connectivity index is 1.83. The number of nitrogens with one attached hydrogen (secondary N) is 1. The zero-order valence-electron chi connectivity index (χ0n) is 10.8. The van der Waals surface area contributed by atoms with E-state index in [1.165, 1.54) is 12.5 Å². The van der Waals surface area contributed by atoms with E-state index in [-0.39, 0.29) is 18.1 Å². The predicted octanol–water partition coefficient (Wildman–Crippen LogP) is 2.86. The second kappa shape index (κ2) is 5.03. The van der Waals surface area contributed by atoms with Crippen LogP contribution in [0.2, 0.25) is 0 Å². The Bertz CT molecular complexity index is 599. The van der Waals surface area contributed by atoms with Crippen molar-refractivity contribution in [1.29, 1.82) is 0 Å². The van der Waals surface area contributed by atoms with Gasteiger partial charge in [-0.2, -0.15) is 0 Å².